The van der Waals surface area contributed by atoms with Crippen LogP contribution < -0.4 is 5.32 Å². The Bertz CT molecular complexity index is 348. The van der Waals surface area contributed by atoms with Crippen LogP contribution >= 0.6 is 11.6 Å². The van der Waals surface area contributed by atoms with E-state index in [4.69, 9.17) is 11.6 Å². The van der Waals surface area contributed by atoms with Gasteiger partial charge in [-0.05, 0) is 51.1 Å². The second-order valence-electron chi connectivity index (χ2n) is 5.17. The molecule has 19 heavy (non-hydrogen) atoms. The smallest absolute Gasteiger partial charge is 0.0406 e. The molecule has 0 radical (unpaired) electrons. The molecule has 0 fully saturated rings. The molecule has 0 aliphatic rings. The molecule has 3 heteroatoms. The Kier molecular flexibility index (Phi) is 7.44. The van der Waals surface area contributed by atoms with Crippen LogP contribution in [0, 0.1) is 0 Å². The molecule has 0 aromatic heterocycles. The van der Waals surface area contributed by atoms with Crippen molar-refractivity contribution in [1.82, 2.24) is 10.2 Å². The fraction of sp³-hybridized carbons (Fsp3) is 0.625. The van der Waals surface area contributed by atoms with E-state index in [-0.39, 0.29) is 0 Å². The summed E-state index contributed by atoms with van der Waals surface area (Å²) in [5.41, 5.74) is 1.33. The van der Waals surface area contributed by atoms with Crippen LogP contribution in [0.25, 0.3) is 0 Å². The Morgan fingerprint density at radius 3 is 2.26 bits per heavy atom. The van der Waals surface area contributed by atoms with Crippen LogP contribution in [0.3, 0.4) is 0 Å². The lowest BCUT2D eigenvalue weighted by Gasteiger charge is -2.27. The summed E-state index contributed by atoms with van der Waals surface area (Å²) in [4.78, 5) is 2.50. The van der Waals surface area contributed by atoms with Gasteiger partial charge in [0.15, 0.2) is 0 Å². The highest BCUT2D eigenvalue weighted by atomic mass is 35.5. The van der Waals surface area contributed by atoms with Gasteiger partial charge in [0.2, 0.25) is 0 Å². The van der Waals surface area contributed by atoms with E-state index in [1.807, 2.05) is 12.1 Å². The highest BCUT2D eigenvalue weighted by Crippen LogP contribution is 2.20. The molecule has 0 amide bonds. The van der Waals surface area contributed by atoms with Crippen LogP contribution in [0.15, 0.2) is 24.3 Å². The molecule has 1 N–H and O–H groups in total. The van der Waals surface area contributed by atoms with Gasteiger partial charge in [-0.25, -0.2) is 0 Å². The van der Waals surface area contributed by atoms with Crippen molar-refractivity contribution in [3.63, 3.8) is 0 Å². The quantitative estimate of drug-likeness (QED) is 0.772. The zero-order chi connectivity index (χ0) is 14.3. The van der Waals surface area contributed by atoms with Gasteiger partial charge < -0.3 is 10.2 Å². The Labute approximate surface area is 123 Å². The maximum Gasteiger partial charge on any atom is 0.0406 e. The Hall–Kier alpha value is -0.570. The molecule has 0 bridgehead atoms. The molecule has 0 heterocycles. The van der Waals surface area contributed by atoms with E-state index in [9.17, 15) is 0 Å². The van der Waals surface area contributed by atoms with Crippen LogP contribution in [0.2, 0.25) is 5.02 Å². The fourth-order valence-electron chi connectivity index (χ4n) is 2.40. The van der Waals surface area contributed by atoms with E-state index >= 15 is 0 Å². The second-order valence-corrected chi connectivity index (χ2v) is 5.61. The minimum Gasteiger partial charge on any atom is -0.310 e. The number of nitrogens with one attached hydrogen (secondary N) is 1. The van der Waals surface area contributed by atoms with Crippen LogP contribution in [0.5, 0.6) is 0 Å². The number of benzene rings is 1. The molecule has 2 nitrogen and oxygen atoms in total. The van der Waals surface area contributed by atoms with Gasteiger partial charge in [0.05, 0.1) is 0 Å². The summed E-state index contributed by atoms with van der Waals surface area (Å²) in [6.07, 6.45) is 1.13. The highest BCUT2D eigenvalue weighted by Gasteiger charge is 2.13. The Morgan fingerprint density at radius 2 is 1.79 bits per heavy atom. The van der Waals surface area contributed by atoms with E-state index in [1.165, 1.54) is 5.56 Å². The number of nitrogens with zero attached hydrogens (tertiary/aromatic N) is 1. The van der Waals surface area contributed by atoms with Crippen molar-refractivity contribution >= 4 is 11.6 Å². The molecule has 1 aromatic rings. The summed E-state index contributed by atoms with van der Waals surface area (Å²) >= 11 is 5.96. The SMILES string of the molecule is CCNC(CCN(CC)C(C)C)c1ccc(Cl)cc1. The monoisotopic (exact) mass is 282 g/mol. The Balaban J connectivity index is 2.64. The topological polar surface area (TPSA) is 15.3 Å². The highest BCUT2D eigenvalue weighted by molar-refractivity contribution is 6.30. The molecule has 1 rings (SSSR count). The number of halogens is 1. The van der Waals surface area contributed by atoms with Gasteiger partial charge in [-0.3, -0.25) is 0 Å². The third-order valence-electron chi connectivity index (χ3n) is 3.56. The molecular formula is C16H27ClN2. The maximum absolute atomic E-state index is 5.96. The van der Waals surface area contributed by atoms with E-state index in [0.29, 0.717) is 12.1 Å². The summed E-state index contributed by atoms with van der Waals surface area (Å²) in [7, 11) is 0. The first kappa shape index (κ1) is 16.5. The fourth-order valence-corrected chi connectivity index (χ4v) is 2.53. The first-order chi connectivity index (χ1) is 9.08. The average Bonchev–Trinajstić information content (AvgIpc) is 2.39. The summed E-state index contributed by atoms with van der Waals surface area (Å²) in [5.74, 6) is 0. The van der Waals surface area contributed by atoms with E-state index in [2.05, 4.69) is 50.0 Å². The zero-order valence-corrected chi connectivity index (χ0v) is 13.4. The number of hydrogen-bond donors (Lipinski definition) is 1. The first-order valence-corrected chi connectivity index (χ1v) is 7.69. The maximum atomic E-state index is 5.96. The van der Waals surface area contributed by atoms with Crippen LogP contribution in [-0.4, -0.2) is 30.6 Å². The third-order valence-corrected chi connectivity index (χ3v) is 3.82. The van der Waals surface area contributed by atoms with Crippen LogP contribution in [0.1, 0.15) is 45.7 Å². The first-order valence-electron chi connectivity index (χ1n) is 7.31. The molecule has 1 unspecified atom stereocenters. The molecule has 0 saturated carbocycles. The van der Waals surface area contributed by atoms with Crippen molar-refractivity contribution in [2.24, 2.45) is 0 Å². The molecule has 0 spiro atoms. The lowest BCUT2D eigenvalue weighted by atomic mass is 10.0. The van der Waals surface area contributed by atoms with Crippen molar-refractivity contribution in [2.45, 2.75) is 46.2 Å². The predicted molar refractivity (Wildman–Crippen MR) is 84.9 cm³/mol. The molecule has 1 atom stereocenters. The van der Waals surface area contributed by atoms with E-state index in [0.717, 1.165) is 31.1 Å². The molecule has 108 valence electrons. The van der Waals surface area contributed by atoms with Crippen molar-refractivity contribution in [1.29, 1.82) is 0 Å². The van der Waals surface area contributed by atoms with Crippen molar-refractivity contribution in [2.75, 3.05) is 19.6 Å². The van der Waals surface area contributed by atoms with Gasteiger partial charge in [0, 0.05) is 23.7 Å². The second kappa shape index (κ2) is 8.57. The van der Waals surface area contributed by atoms with Gasteiger partial charge in [0.25, 0.3) is 0 Å². The predicted octanol–water partition coefficient (Wildman–Crippen LogP) is 4.11. The van der Waals surface area contributed by atoms with E-state index in [1.54, 1.807) is 0 Å². The van der Waals surface area contributed by atoms with Crippen LogP contribution in [0.4, 0.5) is 0 Å². The number of hydrogen-bond acceptors (Lipinski definition) is 2. The normalized spacial score (nSPS) is 13.2. The van der Waals surface area contributed by atoms with Crippen molar-refractivity contribution in [3.05, 3.63) is 34.9 Å². The molecule has 1 aromatic carbocycles. The van der Waals surface area contributed by atoms with Gasteiger partial charge in [-0.15, -0.1) is 0 Å². The van der Waals surface area contributed by atoms with Gasteiger partial charge >= 0.3 is 0 Å². The lowest BCUT2D eigenvalue weighted by molar-refractivity contribution is 0.220. The summed E-state index contributed by atoms with van der Waals surface area (Å²) in [5, 5.41) is 4.37. The van der Waals surface area contributed by atoms with Crippen LogP contribution in [-0.2, 0) is 0 Å². The van der Waals surface area contributed by atoms with Crippen molar-refractivity contribution in [3.8, 4) is 0 Å². The zero-order valence-electron chi connectivity index (χ0n) is 12.6. The van der Waals surface area contributed by atoms with E-state index < -0.39 is 0 Å². The van der Waals surface area contributed by atoms with Gasteiger partial charge in [-0.1, -0.05) is 37.6 Å². The minimum atomic E-state index is 0.412. The van der Waals surface area contributed by atoms with Gasteiger partial charge in [0.1, 0.15) is 0 Å². The third kappa shape index (κ3) is 5.52. The summed E-state index contributed by atoms with van der Waals surface area (Å²) in [6.45, 7) is 12.1. The molecule has 0 aliphatic heterocycles. The average molecular weight is 283 g/mol. The van der Waals surface area contributed by atoms with Gasteiger partial charge in [-0.2, -0.15) is 0 Å². The largest absolute Gasteiger partial charge is 0.310 e. The minimum absolute atomic E-state index is 0.412. The summed E-state index contributed by atoms with van der Waals surface area (Å²) in [6, 6.07) is 9.22. The standard InChI is InChI=1S/C16H27ClN2/c1-5-18-16(11-12-19(6-2)13(3)4)14-7-9-15(17)10-8-14/h7-10,13,16,18H,5-6,11-12H2,1-4H3. The Morgan fingerprint density at radius 1 is 1.16 bits per heavy atom. The lowest BCUT2D eigenvalue weighted by Crippen LogP contribution is -2.34. The number of rotatable bonds is 8. The van der Waals surface area contributed by atoms with Crippen molar-refractivity contribution < 1.29 is 0 Å². The molecular weight excluding hydrogens is 256 g/mol. The summed E-state index contributed by atoms with van der Waals surface area (Å²) < 4.78 is 0. The molecule has 0 aliphatic carbocycles. The molecule has 0 saturated heterocycles.